The van der Waals surface area contributed by atoms with Gasteiger partial charge in [-0.2, -0.15) is 13.2 Å². The van der Waals surface area contributed by atoms with Crippen LogP contribution < -0.4 is 14.8 Å². The molecule has 154 valence electrons. The summed E-state index contributed by atoms with van der Waals surface area (Å²) in [5.41, 5.74) is 2.64. The summed E-state index contributed by atoms with van der Waals surface area (Å²) in [6, 6.07) is 6.04. The molecule has 0 spiro atoms. The molecule has 29 heavy (non-hydrogen) atoms. The third-order valence-electron chi connectivity index (χ3n) is 3.66. The van der Waals surface area contributed by atoms with E-state index in [4.69, 9.17) is 9.47 Å². The third-order valence-corrected chi connectivity index (χ3v) is 4.53. The lowest BCUT2D eigenvalue weighted by Crippen LogP contribution is -2.19. The summed E-state index contributed by atoms with van der Waals surface area (Å²) >= 11 is 1.19. The fourth-order valence-corrected chi connectivity index (χ4v) is 3.10. The number of amides is 1. The Balaban J connectivity index is 1.61. The molecule has 0 atom stereocenters. The zero-order valence-corrected chi connectivity index (χ0v) is 16.3. The van der Waals surface area contributed by atoms with Gasteiger partial charge in [0.05, 0.1) is 30.1 Å². The average molecular weight is 426 g/mol. The number of hydrogen-bond acceptors (Lipinski definition) is 6. The number of carbonyl (C=O) groups excluding carboxylic acids is 1. The van der Waals surface area contributed by atoms with Crippen LogP contribution in [0.4, 0.5) is 18.9 Å². The number of aromatic amines is 1. The molecule has 3 rings (SSSR count). The Bertz CT molecular complexity index is 1020. The van der Waals surface area contributed by atoms with Crippen molar-refractivity contribution in [3.05, 3.63) is 36.2 Å². The molecule has 0 saturated heterocycles. The van der Waals surface area contributed by atoms with E-state index < -0.39 is 12.8 Å². The second kappa shape index (κ2) is 8.60. The van der Waals surface area contributed by atoms with Crippen LogP contribution in [0.3, 0.4) is 0 Å². The van der Waals surface area contributed by atoms with Crippen molar-refractivity contribution in [2.75, 3.05) is 24.8 Å². The van der Waals surface area contributed by atoms with Gasteiger partial charge in [0.2, 0.25) is 5.91 Å². The summed E-state index contributed by atoms with van der Waals surface area (Å²) < 4.78 is 46.9. The highest BCUT2D eigenvalue weighted by atomic mass is 32.2. The smallest absolute Gasteiger partial charge is 0.422 e. The van der Waals surface area contributed by atoms with Gasteiger partial charge in [0.15, 0.2) is 23.3 Å². The van der Waals surface area contributed by atoms with Crippen LogP contribution in [0.1, 0.15) is 5.69 Å². The summed E-state index contributed by atoms with van der Waals surface area (Å²) in [6.07, 6.45) is -2.82. The van der Waals surface area contributed by atoms with E-state index in [1.54, 1.807) is 6.20 Å². The van der Waals surface area contributed by atoms with Crippen LogP contribution in [-0.2, 0) is 4.79 Å². The zero-order chi connectivity index (χ0) is 21.0. The molecule has 2 aromatic heterocycles. The largest absolute Gasteiger partial charge is 0.493 e. The number of alkyl halides is 3. The molecule has 0 fully saturated rings. The molecule has 7 nitrogen and oxygen atoms in total. The number of anilines is 1. The standard InChI is InChI=1S/C18H17F3N4O3S/c1-10-5-12-13(7-22-10)25-17(24-12)29-8-16(26)23-11-3-4-14(27-2)15(6-11)28-9-18(19,20)21/h3-7H,8-9H2,1-2H3,(H,23,26)(H,24,25). The first-order chi connectivity index (χ1) is 13.7. The molecule has 0 radical (unpaired) electrons. The molecular formula is C18H17F3N4O3S. The third kappa shape index (κ3) is 5.76. The van der Waals surface area contributed by atoms with E-state index in [1.165, 1.54) is 37.1 Å². The van der Waals surface area contributed by atoms with Gasteiger partial charge in [-0.05, 0) is 25.1 Å². The summed E-state index contributed by atoms with van der Waals surface area (Å²) in [7, 11) is 1.31. The van der Waals surface area contributed by atoms with Crippen molar-refractivity contribution in [1.29, 1.82) is 0 Å². The Labute approximate surface area is 168 Å². The van der Waals surface area contributed by atoms with Crippen LogP contribution in [0.5, 0.6) is 11.5 Å². The first kappa shape index (κ1) is 20.8. The molecule has 1 aromatic carbocycles. The highest BCUT2D eigenvalue weighted by Gasteiger charge is 2.29. The van der Waals surface area contributed by atoms with Crippen molar-refractivity contribution in [2.24, 2.45) is 0 Å². The maximum atomic E-state index is 12.4. The molecular weight excluding hydrogens is 409 g/mol. The van der Waals surface area contributed by atoms with Gasteiger partial charge in [-0.15, -0.1) is 0 Å². The number of aryl methyl sites for hydroxylation is 1. The lowest BCUT2D eigenvalue weighted by Gasteiger charge is -2.14. The number of imidazole rings is 1. The molecule has 0 aliphatic carbocycles. The lowest BCUT2D eigenvalue weighted by atomic mass is 10.2. The molecule has 0 aliphatic heterocycles. The number of halogens is 3. The number of hydrogen-bond donors (Lipinski definition) is 2. The molecule has 0 unspecified atom stereocenters. The van der Waals surface area contributed by atoms with Crippen molar-refractivity contribution in [3.63, 3.8) is 0 Å². The minimum atomic E-state index is -4.48. The Kier molecular flexibility index (Phi) is 6.16. The van der Waals surface area contributed by atoms with Gasteiger partial charge < -0.3 is 19.8 Å². The highest BCUT2D eigenvalue weighted by molar-refractivity contribution is 7.99. The lowest BCUT2D eigenvalue weighted by molar-refractivity contribution is -0.153. The summed E-state index contributed by atoms with van der Waals surface area (Å²) in [5.74, 6) is -0.281. The first-order valence-corrected chi connectivity index (χ1v) is 9.34. The number of methoxy groups -OCH3 is 1. The maximum absolute atomic E-state index is 12.4. The molecule has 11 heteroatoms. The Morgan fingerprint density at radius 2 is 2.07 bits per heavy atom. The van der Waals surface area contributed by atoms with Gasteiger partial charge in [0.1, 0.15) is 0 Å². The number of aromatic nitrogens is 3. The monoisotopic (exact) mass is 426 g/mol. The SMILES string of the molecule is COc1ccc(NC(=O)CSc2nc3cc(C)ncc3[nH]2)cc1OCC(F)(F)F. The zero-order valence-electron chi connectivity index (χ0n) is 15.5. The van der Waals surface area contributed by atoms with Crippen molar-refractivity contribution in [3.8, 4) is 11.5 Å². The van der Waals surface area contributed by atoms with Crippen molar-refractivity contribution < 1.29 is 27.4 Å². The number of thioether (sulfide) groups is 1. The highest BCUT2D eigenvalue weighted by Crippen LogP contribution is 2.32. The van der Waals surface area contributed by atoms with E-state index in [0.29, 0.717) is 5.16 Å². The summed E-state index contributed by atoms with van der Waals surface area (Å²) in [5, 5.41) is 3.17. The minimum Gasteiger partial charge on any atom is -0.493 e. The van der Waals surface area contributed by atoms with Crippen LogP contribution in [0.15, 0.2) is 35.6 Å². The number of nitrogens with zero attached hydrogens (tertiary/aromatic N) is 2. The molecule has 0 aliphatic rings. The fraction of sp³-hybridized carbons (Fsp3) is 0.278. The maximum Gasteiger partial charge on any atom is 0.422 e. The summed E-state index contributed by atoms with van der Waals surface area (Å²) in [6.45, 7) is 0.396. The van der Waals surface area contributed by atoms with Gasteiger partial charge in [-0.25, -0.2) is 4.98 Å². The van der Waals surface area contributed by atoms with Crippen molar-refractivity contribution >= 4 is 34.4 Å². The van der Waals surface area contributed by atoms with E-state index >= 15 is 0 Å². The van der Waals surface area contributed by atoms with Gasteiger partial charge in [-0.1, -0.05) is 11.8 Å². The Morgan fingerprint density at radius 1 is 1.28 bits per heavy atom. The second-order valence-corrected chi connectivity index (χ2v) is 6.96. The Hall–Kier alpha value is -2.95. The number of pyridine rings is 1. The number of rotatable bonds is 7. The normalized spacial score (nSPS) is 11.5. The van der Waals surface area contributed by atoms with E-state index in [0.717, 1.165) is 16.7 Å². The fourth-order valence-electron chi connectivity index (χ4n) is 2.41. The first-order valence-electron chi connectivity index (χ1n) is 8.36. The molecule has 2 N–H and O–H groups in total. The van der Waals surface area contributed by atoms with Crippen LogP contribution in [0, 0.1) is 6.92 Å². The molecule has 3 aromatic rings. The van der Waals surface area contributed by atoms with Crippen molar-refractivity contribution in [1.82, 2.24) is 15.0 Å². The topological polar surface area (TPSA) is 89.1 Å². The number of H-pyrrole nitrogens is 1. The van der Waals surface area contributed by atoms with E-state index in [-0.39, 0.29) is 28.8 Å². The number of ether oxygens (including phenoxy) is 2. The van der Waals surface area contributed by atoms with Crippen LogP contribution in [0.2, 0.25) is 0 Å². The number of benzene rings is 1. The quantitative estimate of drug-likeness (QED) is 0.556. The number of fused-ring (bicyclic) bond motifs is 1. The van der Waals surface area contributed by atoms with Gasteiger partial charge in [-0.3, -0.25) is 9.78 Å². The predicted molar refractivity (Wildman–Crippen MR) is 103 cm³/mol. The van der Waals surface area contributed by atoms with Crippen LogP contribution >= 0.6 is 11.8 Å². The second-order valence-electron chi connectivity index (χ2n) is 5.99. The number of nitrogens with one attached hydrogen (secondary N) is 2. The number of carbonyl (C=O) groups is 1. The van der Waals surface area contributed by atoms with E-state index in [2.05, 4.69) is 20.3 Å². The molecule has 0 saturated carbocycles. The van der Waals surface area contributed by atoms with Gasteiger partial charge in [0.25, 0.3) is 0 Å². The van der Waals surface area contributed by atoms with Gasteiger partial charge >= 0.3 is 6.18 Å². The summed E-state index contributed by atoms with van der Waals surface area (Å²) in [4.78, 5) is 23.8. The minimum absolute atomic E-state index is 0.0526. The van der Waals surface area contributed by atoms with Crippen LogP contribution in [-0.4, -0.2) is 46.5 Å². The molecule has 0 bridgehead atoms. The van der Waals surface area contributed by atoms with E-state index in [9.17, 15) is 18.0 Å². The molecule has 2 heterocycles. The Morgan fingerprint density at radius 3 is 2.79 bits per heavy atom. The van der Waals surface area contributed by atoms with Crippen molar-refractivity contribution in [2.45, 2.75) is 18.3 Å². The van der Waals surface area contributed by atoms with Crippen LogP contribution in [0.25, 0.3) is 11.0 Å². The predicted octanol–water partition coefficient (Wildman–Crippen LogP) is 3.95. The average Bonchev–Trinajstić information content (AvgIpc) is 3.06. The van der Waals surface area contributed by atoms with E-state index in [1.807, 2.05) is 13.0 Å². The van der Waals surface area contributed by atoms with Gasteiger partial charge in [0, 0.05) is 17.4 Å². The molecule has 1 amide bonds.